The summed E-state index contributed by atoms with van der Waals surface area (Å²) in [4.78, 5) is 9.66. The van der Waals surface area contributed by atoms with Crippen LogP contribution in [0.15, 0.2) is 29.4 Å². The molecule has 0 aliphatic heterocycles. The van der Waals surface area contributed by atoms with E-state index in [1.165, 1.54) is 17.0 Å². The van der Waals surface area contributed by atoms with Gasteiger partial charge in [-0.25, -0.2) is 13.8 Å². The highest BCUT2D eigenvalue weighted by Crippen LogP contribution is 2.19. The van der Waals surface area contributed by atoms with Crippen molar-refractivity contribution >= 4 is 17.3 Å². The van der Waals surface area contributed by atoms with E-state index in [1.807, 2.05) is 20.0 Å². The Bertz CT molecular complexity index is 700. The predicted molar refractivity (Wildman–Crippen MR) is 94.7 cm³/mol. The summed E-state index contributed by atoms with van der Waals surface area (Å²) in [6.45, 7) is 5.13. The summed E-state index contributed by atoms with van der Waals surface area (Å²) in [5, 5.41) is 7.45. The first-order chi connectivity index (χ1) is 11.5. The number of rotatable bonds is 6. The van der Waals surface area contributed by atoms with Crippen LogP contribution in [0.2, 0.25) is 0 Å². The van der Waals surface area contributed by atoms with Crippen LogP contribution in [0.5, 0.6) is 0 Å². The SMILES string of the molecule is CN=C(NCCc1ncc(C)s1)NCC(C)c1ccc(F)cc1F. The van der Waals surface area contributed by atoms with Crippen LogP contribution in [0.4, 0.5) is 8.78 Å². The van der Waals surface area contributed by atoms with Crippen molar-refractivity contribution in [1.82, 2.24) is 15.6 Å². The third-order valence-electron chi connectivity index (χ3n) is 3.59. The van der Waals surface area contributed by atoms with E-state index in [0.717, 1.165) is 17.5 Å². The number of benzene rings is 1. The first kappa shape index (κ1) is 18.3. The van der Waals surface area contributed by atoms with Crippen LogP contribution >= 0.6 is 11.3 Å². The van der Waals surface area contributed by atoms with Crippen molar-refractivity contribution in [1.29, 1.82) is 0 Å². The Balaban J connectivity index is 1.80. The Morgan fingerprint density at radius 2 is 2.12 bits per heavy atom. The standard InChI is InChI=1S/C17H22F2N4S/c1-11(14-5-4-13(18)8-15(14)19)9-23-17(20-3)21-7-6-16-22-10-12(2)24-16/h4-5,8,10-11H,6-7,9H2,1-3H3,(H2,20,21,23). The molecule has 0 bridgehead atoms. The molecule has 0 amide bonds. The van der Waals surface area contributed by atoms with Crippen LogP contribution in [-0.2, 0) is 6.42 Å². The van der Waals surface area contributed by atoms with E-state index in [1.54, 1.807) is 18.4 Å². The second-order valence-corrected chi connectivity index (χ2v) is 6.88. The molecule has 0 saturated heterocycles. The van der Waals surface area contributed by atoms with Gasteiger partial charge in [-0.15, -0.1) is 11.3 Å². The first-order valence-corrected chi connectivity index (χ1v) is 8.62. The molecule has 1 heterocycles. The molecule has 0 aliphatic rings. The van der Waals surface area contributed by atoms with E-state index < -0.39 is 11.6 Å². The van der Waals surface area contributed by atoms with Gasteiger partial charge in [0, 0.05) is 49.6 Å². The number of hydrogen-bond donors (Lipinski definition) is 2. The number of aliphatic imine (C=N–C) groups is 1. The summed E-state index contributed by atoms with van der Waals surface area (Å²) in [6.07, 6.45) is 2.69. The van der Waals surface area contributed by atoms with Gasteiger partial charge in [0.05, 0.1) is 5.01 Å². The van der Waals surface area contributed by atoms with Gasteiger partial charge in [-0.3, -0.25) is 4.99 Å². The zero-order chi connectivity index (χ0) is 17.5. The average molecular weight is 352 g/mol. The van der Waals surface area contributed by atoms with E-state index in [2.05, 4.69) is 20.6 Å². The molecule has 1 aromatic heterocycles. The summed E-state index contributed by atoms with van der Waals surface area (Å²) < 4.78 is 26.8. The number of hydrogen-bond acceptors (Lipinski definition) is 3. The molecule has 2 aromatic rings. The van der Waals surface area contributed by atoms with E-state index >= 15 is 0 Å². The molecule has 4 nitrogen and oxygen atoms in total. The summed E-state index contributed by atoms with van der Waals surface area (Å²) in [5.74, 6) is -0.541. The minimum atomic E-state index is -0.564. The van der Waals surface area contributed by atoms with Crippen LogP contribution in [0.3, 0.4) is 0 Å². The first-order valence-electron chi connectivity index (χ1n) is 7.80. The number of halogens is 2. The Hall–Kier alpha value is -2.02. The summed E-state index contributed by atoms with van der Waals surface area (Å²) >= 11 is 1.68. The van der Waals surface area contributed by atoms with Crippen LogP contribution in [-0.4, -0.2) is 31.1 Å². The van der Waals surface area contributed by atoms with Crippen LogP contribution in [0.25, 0.3) is 0 Å². The van der Waals surface area contributed by atoms with Gasteiger partial charge in [0.1, 0.15) is 11.6 Å². The molecule has 2 rings (SSSR count). The summed E-state index contributed by atoms with van der Waals surface area (Å²) in [7, 11) is 1.69. The Morgan fingerprint density at radius 1 is 1.33 bits per heavy atom. The maximum atomic E-state index is 13.8. The van der Waals surface area contributed by atoms with Gasteiger partial charge in [-0.1, -0.05) is 13.0 Å². The number of guanidine groups is 1. The van der Waals surface area contributed by atoms with Crippen molar-refractivity contribution in [2.24, 2.45) is 4.99 Å². The average Bonchev–Trinajstić information content (AvgIpc) is 2.95. The van der Waals surface area contributed by atoms with Crippen molar-refractivity contribution < 1.29 is 8.78 Å². The summed E-state index contributed by atoms with van der Waals surface area (Å²) in [6, 6.07) is 3.67. The fourth-order valence-electron chi connectivity index (χ4n) is 2.29. The van der Waals surface area contributed by atoms with Gasteiger partial charge < -0.3 is 10.6 Å². The highest BCUT2D eigenvalue weighted by molar-refractivity contribution is 7.11. The zero-order valence-electron chi connectivity index (χ0n) is 14.1. The van der Waals surface area contributed by atoms with E-state index in [-0.39, 0.29) is 5.92 Å². The number of thiazole rings is 1. The fourth-order valence-corrected chi connectivity index (χ4v) is 3.07. The zero-order valence-corrected chi connectivity index (χ0v) is 14.9. The largest absolute Gasteiger partial charge is 0.356 e. The van der Waals surface area contributed by atoms with Gasteiger partial charge in [-0.05, 0) is 18.6 Å². The second kappa shape index (κ2) is 8.73. The minimum Gasteiger partial charge on any atom is -0.356 e. The molecule has 0 spiro atoms. The number of nitrogens with zero attached hydrogens (tertiary/aromatic N) is 2. The Morgan fingerprint density at radius 3 is 2.75 bits per heavy atom. The smallest absolute Gasteiger partial charge is 0.191 e. The van der Waals surface area contributed by atoms with Crippen molar-refractivity contribution in [3.63, 3.8) is 0 Å². The van der Waals surface area contributed by atoms with E-state index in [4.69, 9.17) is 0 Å². The number of aryl methyl sites for hydroxylation is 1. The van der Waals surface area contributed by atoms with Gasteiger partial charge >= 0.3 is 0 Å². The quantitative estimate of drug-likeness (QED) is 0.620. The third-order valence-corrected chi connectivity index (χ3v) is 4.57. The van der Waals surface area contributed by atoms with E-state index in [9.17, 15) is 8.78 Å². The molecule has 0 aliphatic carbocycles. The van der Waals surface area contributed by atoms with Crippen LogP contribution in [0, 0.1) is 18.6 Å². The molecule has 2 N–H and O–H groups in total. The van der Waals surface area contributed by atoms with Gasteiger partial charge in [-0.2, -0.15) is 0 Å². The van der Waals surface area contributed by atoms with Crippen LogP contribution in [0.1, 0.15) is 28.3 Å². The molecule has 1 aromatic carbocycles. The molecule has 0 saturated carbocycles. The minimum absolute atomic E-state index is 0.106. The summed E-state index contributed by atoms with van der Waals surface area (Å²) in [5.41, 5.74) is 0.484. The Kier molecular flexibility index (Phi) is 6.66. The second-order valence-electron chi connectivity index (χ2n) is 5.56. The fraction of sp³-hybridized carbons (Fsp3) is 0.412. The molecule has 7 heteroatoms. The molecule has 24 heavy (non-hydrogen) atoms. The van der Waals surface area contributed by atoms with Gasteiger partial charge in [0.2, 0.25) is 0 Å². The van der Waals surface area contributed by atoms with Crippen molar-refractivity contribution in [3.8, 4) is 0 Å². The monoisotopic (exact) mass is 352 g/mol. The molecule has 130 valence electrons. The maximum Gasteiger partial charge on any atom is 0.191 e. The molecular weight excluding hydrogens is 330 g/mol. The molecule has 1 atom stereocenters. The lowest BCUT2D eigenvalue weighted by Crippen LogP contribution is -2.40. The maximum absolute atomic E-state index is 13.8. The third kappa shape index (κ3) is 5.26. The highest BCUT2D eigenvalue weighted by Gasteiger charge is 2.12. The lowest BCUT2D eigenvalue weighted by Gasteiger charge is -2.16. The van der Waals surface area contributed by atoms with Gasteiger partial charge in [0.15, 0.2) is 5.96 Å². The lowest BCUT2D eigenvalue weighted by atomic mass is 10.0. The Labute approximate surface area is 145 Å². The van der Waals surface area contributed by atoms with Gasteiger partial charge in [0.25, 0.3) is 0 Å². The molecule has 0 fully saturated rings. The number of nitrogens with one attached hydrogen (secondary N) is 2. The predicted octanol–water partition coefficient (Wildman–Crippen LogP) is 3.24. The lowest BCUT2D eigenvalue weighted by molar-refractivity contribution is 0.556. The van der Waals surface area contributed by atoms with Crippen molar-refractivity contribution in [2.45, 2.75) is 26.2 Å². The highest BCUT2D eigenvalue weighted by atomic mass is 32.1. The molecule has 0 radical (unpaired) electrons. The molecule has 1 unspecified atom stereocenters. The van der Waals surface area contributed by atoms with Crippen molar-refractivity contribution in [3.05, 3.63) is 51.5 Å². The van der Waals surface area contributed by atoms with Crippen molar-refractivity contribution in [2.75, 3.05) is 20.1 Å². The van der Waals surface area contributed by atoms with E-state index in [0.29, 0.717) is 24.6 Å². The molecular formula is C17H22F2N4S. The topological polar surface area (TPSA) is 49.3 Å². The normalized spacial score (nSPS) is 13.0. The van der Waals surface area contributed by atoms with Crippen LogP contribution < -0.4 is 10.6 Å². The number of aromatic nitrogens is 1.